The Morgan fingerprint density at radius 1 is 0.974 bits per heavy atom. The zero-order chi connectivity index (χ0) is 28.0. The number of carbonyl (C=O) groups excluding carboxylic acids is 1. The summed E-state index contributed by atoms with van der Waals surface area (Å²) in [5.41, 5.74) is -3.61. The van der Waals surface area contributed by atoms with Gasteiger partial charge >= 0.3 is 12.4 Å². The van der Waals surface area contributed by atoms with Crippen LogP contribution in [0.2, 0.25) is 0 Å². The fourth-order valence-electron chi connectivity index (χ4n) is 3.86. The highest BCUT2D eigenvalue weighted by atomic mass is 32.2. The van der Waals surface area contributed by atoms with E-state index in [1.54, 1.807) is 30.6 Å². The molecule has 0 bridgehead atoms. The third-order valence-corrected chi connectivity index (χ3v) is 6.73. The quantitative estimate of drug-likeness (QED) is 0.234. The van der Waals surface area contributed by atoms with Crippen LogP contribution in [0.25, 0.3) is 6.08 Å². The van der Waals surface area contributed by atoms with E-state index in [4.69, 9.17) is 9.47 Å². The molecule has 1 fully saturated rings. The van der Waals surface area contributed by atoms with Crippen LogP contribution in [-0.2, 0) is 28.5 Å². The predicted molar refractivity (Wildman–Crippen MR) is 132 cm³/mol. The number of hydrogen-bond acceptors (Lipinski definition) is 5. The lowest BCUT2D eigenvalue weighted by molar-refractivity contribution is -0.163. The molecule has 39 heavy (non-hydrogen) atoms. The lowest BCUT2D eigenvalue weighted by Crippen LogP contribution is -2.39. The Bertz CT molecular complexity index is 1320. The second-order valence-corrected chi connectivity index (χ2v) is 9.51. The summed E-state index contributed by atoms with van der Waals surface area (Å²) in [7, 11) is 0. The van der Waals surface area contributed by atoms with Gasteiger partial charge in [-0.1, -0.05) is 23.9 Å². The highest BCUT2D eigenvalue weighted by molar-refractivity contribution is 7.99. The minimum Gasteiger partial charge on any atom is -0.489 e. The first kappa shape index (κ1) is 28.5. The van der Waals surface area contributed by atoms with Gasteiger partial charge in [-0.2, -0.15) is 26.3 Å². The molecule has 0 spiro atoms. The van der Waals surface area contributed by atoms with E-state index >= 15 is 0 Å². The van der Waals surface area contributed by atoms with Crippen molar-refractivity contribution in [2.24, 2.45) is 0 Å². The van der Waals surface area contributed by atoms with E-state index in [-0.39, 0.29) is 37.8 Å². The first-order valence-electron chi connectivity index (χ1n) is 11.7. The number of hydrogen-bond donors (Lipinski definition) is 0. The third kappa shape index (κ3) is 7.54. The van der Waals surface area contributed by atoms with E-state index in [0.717, 1.165) is 29.8 Å². The van der Waals surface area contributed by atoms with Gasteiger partial charge in [0.2, 0.25) is 5.91 Å². The largest absolute Gasteiger partial charge is 0.489 e. The first-order valence-corrected chi connectivity index (χ1v) is 12.5. The van der Waals surface area contributed by atoms with Crippen molar-refractivity contribution in [2.45, 2.75) is 28.8 Å². The topological polar surface area (TPSA) is 51.7 Å². The highest BCUT2D eigenvalue weighted by Crippen LogP contribution is 2.48. The number of carbonyl (C=O) groups is 1. The van der Waals surface area contributed by atoms with Gasteiger partial charge in [0.25, 0.3) is 0 Å². The number of nitrogens with zero attached hydrogens (tertiary/aromatic N) is 2. The van der Waals surface area contributed by atoms with E-state index in [1.807, 2.05) is 0 Å². The van der Waals surface area contributed by atoms with Crippen molar-refractivity contribution < 1.29 is 40.6 Å². The average Bonchev–Trinajstić information content (AvgIpc) is 2.91. The van der Waals surface area contributed by atoms with Crippen molar-refractivity contribution in [3.05, 3.63) is 89.3 Å². The van der Waals surface area contributed by atoms with Crippen molar-refractivity contribution in [2.75, 3.05) is 26.3 Å². The number of halogens is 6. The molecule has 1 aromatic heterocycles. The zero-order valence-corrected chi connectivity index (χ0v) is 21.1. The van der Waals surface area contributed by atoms with Gasteiger partial charge in [-0.15, -0.1) is 0 Å². The molecule has 0 aliphatic carbocycles. The smallest absolute Gasteiger partial charge is 0.418 e. The van der Waals surface area contributed by atoms with Crippen molar-refractivity contribution in [3.63, 3.8) is 0 Å². The molecule has 0 unspecified atom stereocenters. The Kier molecular flexibility index (Phi) is 8.86. The standard InChI is InChI=1S/C27H22F6N2O3S/c28-26(29,30)24-19(5-7-23(36)35-12-14-37-15-13-35)4-6-22(25(24)27(31,32)33)39-21-3-1-2-20(16-21)38-17-18-8-10-34-11-9-18/h1-11,16H,12-15,17H2. The summed E-state index contributed by atoms with van der Waals surface area (Å²) in [5, 5.41) is 0. The molecule has 2 aromatic carbocycles. The highest BCUT2D eigenvalue weighted by Gasteiger charge is 2.46. The van der Waals surface area contributed by atoms with Crippen LogP contribution in [0.15, 0.2) is 76.8 Å². The van der Waals surface area contributed by atoms with Gasteiger partial charge in [-0.05, 0) is 53.6 Å². The molecule has 1 aliphatic rings. The third-order valence-electron chi connectivity index (χ3n) is 5.68. The van der Waals surface area contributed by atoms with Crippen LogP contribution >= 0.6 is 11.8 Å². The number of pyridine rings is 1. The number of amides is 1. The predicted octanol–water partition coefficient (Wildman–Crippen LogP) is 6.72. The minimum absolute atomic E-state index is 0.173. The number of benzene rings is 2. The van der Waals surface area contributed by atoms with Crippen LogP contribution in [0.3, 0.4) is 0 Å². The lowest BCUT2D eigenvalue weighted by atomic mass is 9.99. The molecule has 0 saturated carbocycles. The fourth-order valence-corrected chi connectivity index (χ4v) is 4.89. The molecular formula is C27H22F6N2O3S. The number of ether oxygens (including phenoxy) is 2. The monoisotopic (exact) mass is 568 g/mol. The molecular weight excluding hydrogens is 546 g/mol. The maximum atomic E-state index is 14.1. The van der Waals surface area contributed by atoms with Crippen LogP contribution in [0.1, 0.15) is 22.3 Å². The van der Waals surface area contributed by atoms with E-state index < -0.39 is 39.8 Å². The second-order valence-electron chi connectivity index (χ2n) is 8.39. The second kappa shape index (κ2) is 12.1. The Balaban J connectivity index is 1.65. The Labute approximate surface area is 224 Å². The van der Waals surface area contributed by atoms with Gasteiger partial charge in [0.1, 0.15) is 12.4 Å². The lowest BCUT2D eigenvalue weighted by Gasteiger charge is -2.25. The normalized spacial score (nSPS) is 14.6. The van der Waals surface area contributed by atoms with Gasteiger partial charge in [0, 0.05) is 41.4 Å². The van der Waals surface area contributed by atoms with Crippen LogP contribution in [0, 0.1) is 0 Å². The van der Waals surface area contributed by atoms with Crippen LogP contribution < -0.4 is 4.74 Å². The van der Waals surface area contributed by atoms with Crippen LogP contribution in [0.5, 0.6) is 5.75 Å². The zero-order valence-electron chi connectivity index (χ0n) is 20.3. The number of rotatable bonds is 7. The summed E-state index contributed by atoms with van der Waals surface area (Å²) in [4.78, 5) is 17.2. The summed E-state index contributed by atoms with van der Waals surface area (Å²) in [6.45, 7) is 1.20. The number of morpholine rings is 1. The van der Waals surface area contributed by atoms with Crippen molar-refractivity contribution >= 4 is 23.7 Å². The minimum atomic E-state index is -5.33. The molecule has 1 aliphatic heterocycles. The van der Waals surface area contributed by atoms with Crippen LogP contribution in [0.4, 0.5) is 26.3 Å². The molecule has 1 amide bonds. The van der Waals surface area contributed by atoms with Crippen molar-refractivity contribution in [1.82, 2.24) is 9.88 Å². The molecule has 2 heterocycles. The number of aromatic nitrogens is 1. The summed E-state index contributed by atoms with van der Waals surface area (Å²) in [6.07, 6.45) is -5.86. The molecule has 5 nitrogen and oxygen atoms in total. The first-order chi connectivity index (χ1) is 18.5. The van der Waals surface area contributed by atoms with Gasteiger partial charge in [0.05, 0.1) is 24.3 Å². The van der Waals surface area contributed by atoms with Crippen LogP contribution in [-0.4, -0.2) is 42.1 Å². The Morgan fingerprint density at radius 3 is 2.33 bits per heavy atom. The van der Waals surface area contributed by atoms with E-state index in [2.05, 4.69) is 4.98 Å². The van der Waals surface area contributed by atoms with Crippen molar-refractivity contribution in [3.8, 4) is 5.75 Å². The molecule has 3 aromatic rings. The van der Waals surface area contributed by atoms with Crippen molar-refractivity contribution in [1.29, 1.82) is 0 Å². The van der Waals surface area contributed by atoms with Gasteiger partial charge in [-0.25, -0.2) is 0 Å². The molecule has 4 rings (SSSR count). The molecule has 0 atom stereocenters. The maximum absolute atomic E-state index is 14.1. The van der Waals surface area contributed by atoms with Gasteiger partial charge in [-0.3, -0.25) is 9.78 Å². The summed E-state index contributed by atoms with van der Waals surface area (Å²) < 4.78 is 95.5. The Morgan fingerprint density at radius 2 is 1.67 bits per heavy atom. The summed E-state index contributed by atoms with van der Waals surface area (Å²) >= 11 is 0.540. The van der Waals surface area contributed by atoms with E-state index in [9.17, 15) is 31.1 Å². The molecule has 0 N–H and O–H groups in total. The Hall–Kier alpha value is -3.51. The molecule has 1 saturated heterocycles. The SMILES string of the molecule is O=C(C=Cc1ccc(Sc2cccc(OCc3ccncc3)c2)c(C(F)(F)F)c1C(F)(F)F)N1CCOCC1. The summed E-state index contributed by atoms with van der Waals surface area (Å²) in [5.74, 6) is -0.274. The van der Waals surface area contributed by atoms with Gasteiger partial charge in [0.15, 0.2) is 0 Å². The molecule has 0 radical (unpaired) electrons. The molecule has 206 valence electrons. The van der Waals surface area contributed by atoms with E-state index in [1.165, 1.54) is 23.1 Å². The average molecular weight is 569 g/mol. The molecule has 12 heteroatoms. The maximum Gasteiger partial charge on any atom is 0.418 e. The fraction of sp³-hybridized carbons (Fsp3) is 0.259. The van der Waals surface area contributed by atoms with E-state index in [0.29, 0.717) is 17.5 Å². The number of alkyl halides is 6. The van der Waals surface area contributed by atoms with Gasteiger partial charge < -0.3 is 14.4 Å². The summed E-state index contributed by atoms with van der Waals surface area (Å²) in [6, 6.07) is 11.4.